The Balaban J connectivity index is 2.36. The molecule has 0 saturated heterocycles. The van der Waals surface area contributed by atoms with Gasteiger partial charge in [-0.15, -0.1) is 0 Å². The Morgan fingerprint density at radius 2 is 1.77 bits per heavy atom. The lowest BCUT2D eigenvalue weighted by atomic mass is 10.1. The molecule has 0 aromatic heterocycles. The number of para-hydroxylation sites is 1. The standard InChI is InChI=1S/C17H18O5/c1-11(18)13-6-4-5-7-14(13)22-15-9-8-12(17(19)21-3)10-16(15)20-2/h4-11,18H,1-3H3. The Bertz CT molecular complexity index is 664. The molecule has 1 N–H and O–H groups in total. The van der Waals surface area contributed by atoms with Crippen molar-refractivity contribution >= 4 is 5.97 Å². The van der Waals surface area contributed by atoms with Gasteiger partial charge in [-0.05, 0) is 31.2 Å². The molecule has 2 aromatic carbocycles. The predicted molar refractivity (Wildman–Crippen MR) is 81.5 cm³/mol. The van der Waals surface area contributed by atoms with Gasteiger partial charge in [0, 0.05) is 5.56 Å². The van der Waals surface area contributed by atoms with Gasteiger partial charge in [-0.25, -0.2) is 4.79 Å². The minimum atomic E-state index is -0.656. The predicted octanol–water partition coefficient (Wildman–Crippen LogP) is 3.33. The van der Waals surface area contributed by atoms with Gasteiger partial charge in [-0.2, -0.15) is 0 Å². The van der Waals surface area contributed by atoms with Gasteiger partial charge in [0.25, 0.3) is 0 Å². The van der Waals surface area contributed by atoms with Crippen LogP contribution in [0, 0.1) is 0 Å². The summed E-state index contributed by atoms with van der Waals surface area (Å²) in [6, 6.07) is 12.0. The fourth-order valence-electron chi connectivity index (χ4n) is 2.03. The van der Waals surface area contributed by atoms with Crippen LogP contribution in [-0.4, -0.2) is 25.3 Å². The number of hydrogen-bond donors (Lipinski definition) is 1. The quantitative estimate of drug-likeness (QED) is 0.858. The molecule has 2 rings (SSSR count). The summed E-state index contributed by atoms with van der Waals surface area (Å²) in [6.45, 7) is 1.67. The number of rotatable bonds is 5. The Morgan fingerprint density at radius 1 is 1.05 bits per heavy atom. The Morgan fingerprint density at radius 3 is 2.41 bits per heavy atom. The number of ether oxygens (including phenoxy) is 3. The van der Waals surface area contributed by atoms with Crippen LogP contribution < -0.4 is 9.47 Å². The van der Waals surface area contributed by atoms with Crippen LogP contribution in [0.1, 0.15) is 28.9 Å². The molecule has 0 aliphatic rings. The fourth-order valence-corrected chi connectivity index (χ4v) is 2.03. The highest BCUT2D eigenvalue weighted by atomic mass is 16.5. The zero-order valence-electron chi connectivity index (χ0n) is 12.7. The van der Waals surface area contributed by atoms with Crippen molar-refractivity contribution in [2.45, 2.75) is 13.0 Å². The lowest BCUT2D eigenvalue weighted by Gasteiger charge is -2.15. The van der Waals surface area contributed by atoms with Crippen LogP contribution in [0.2, 0.25) is 0 Å². The highest BCUT2D eigenvalue weighted by Crippen LogP contribution is 2.35. The molecule has 22 heavy (non-hydrogen) atoms. The van der Waals surface area contributed by atoms with E-state index in [2.05, 4.69) is 4.74 Å². The maximum atomic E-state index is 11.5. The van der Waals surface area contributed by atoms with Crippen molar-refractivity contribution in [3.63, 3.8) is 0 Å². The second-order valence-corrected chi connectivity index (χ2v) is 4.67. The maximum absolute atomic E-state index is 11.5. The Kier molecular flexibility index (Phi) is 5.01. The third-order valence-electron chi connectivity index (χ3n) is 3.17. The van der Waals surface area contributed by atoms with Crippen LogP contribution in [0.5, 0.6) is 17.2 Å². The molecule has 0 radical (unpaired) electrons. The number of hydrogen-bond acceptors (Lipinski definition) is 5. The number of benzene rings is 2. The van der Waals surface area contributed by atoms with Crippen molar-refractivity contribution in [3.8, 4) is 17.2 Å². The lowest BCUT2D eigenvalue weighted by Crippen LogP contribution is -2.02. The average Bonchev–Trinajstić information content (AvgIpc) is 2.54. The van der Waals surface area contributed by atoms with Crippen molar-refractivity contribution in [1.29, 1.82) is 0 Å². The molecule has 1 atom stereocenters. The van der Waals surface area contributed by atoms with Crippen molar-refractivity contribution in [2.24, 2.45) is 0 Å². The van der Waals surface area contributed by atoms with Crippen LogP contribution in [0.3, 0.4) is 0 Å². The summed E-state index contributed by atoms with van der Waals surface area (Å²) in [5.41, 5.74) is 1.04. The van der Waals surface area contributed by atoms with E-state index in [9.17, 15) is 9.90 Å². The zero-order valence-corrected chi connectivity index (χ0v) is 12.7. The van der Waals surface area contributed by atoms with E-state index in [0.717, 1.165) is 0 Å². The van der Waals surface area contributed by atoms with Crippen LogP contribution in [0.25, 0.3) is 0 Å². The molecule has 5 nitrogen and oxygen atoms in total. The van der Waals surface area contributed by atoms with Crippen LogP contribution in [-0.2, 0) is 4.74 Å². The molecule has 0 fully saturated rings. The van der Waals surface area contributed by atoms with E-state index in [1.165, 1.54) is 14.2 Å². The van der Waals surface area contributed by atoms with Crippen LogP contribution in [0.4, 0.5) is 0 Å². The Labute approximate surface area is 129 Å². The number of methoxy groups -OCH3 is 2. The number of carbonyl (C=O) groups excluding carboxylic acids is 1. The largest absolute Gasteiger partial charge is 0.493 e. The first kappa shape index (κ1) is 15.9. The molecule has 0 heterocycles. The first-order valence-electron chi connectivity index (χ1n) is 6.78. The van der Waals surface area contributed by atoms with Crippen molar-refractivity contribution in [3.05, 3.63) is 53.6 Å². The SMILES string of the molecule is COC(=O)c1ccc(Oc2ccccc2C(C)O)c(OC)c1. The molecule has 0 aliphatic carbocycles. The molecule has 116 valence electrons. The molecule has 0 aliphatic heterocycles. The highest BCUT2D eigenvalue weighted by molar-refractivity contribution is 5.90. The van der Waals surface area contributed by atoms with Gasteiger partial charge in [0.05, 0.1) is 25.9 Å². The summed E-state index contributed by atoms with van der Waals surface area (Å²) in [5.74, 6) is 0.933. The van der Waals surface area contributed by atoms with E-state index < -0.39 is 12.1 Å². The molecule has 0 saturated carbocycles. The first-order chi connectivity index (χ1) is 10.6. The van der Waals surface area contributed by atoms with E-state index >= 15 is 0 Å². The third-order valence-corrected chi connectivity index (χ3v) is 3.17. The van der Waals surface area contributed by atoms with E-state index in [-0.39, 0.29) is 0 Å². The van der Waals surface area contributed by atoms with Gasteiger partial charge < -0.3 is 19.3 Å². The number of esters is 1. The second-order valence-electron chi connectivity index (χ2n) is 4.67. The molecular formula is C17H18O5. The van der Waals surface area contributed by atoms with Gasteiger partial charge >= 0.3 is 5.97 Å². The van der Waals surface area contributed by atoms with E-state index in [4.69, 9.17) is 9.47 Å². The number of aliphatic hydroxyl groups is 1. The van der Waals surface area contributed by atoms with Crippen molar-refractivity contribution in [1.82, 2.24) is 0 Å². The van der Waals surface area contributed by atoms with Crippen molar-refractivity contribution < 1.29 is 24.1 Å². The van der Waals surface area contributed by atoms with E-state index in [0.29, 0.717) is 28.4 Å². The van der Waals surface area contributed by atoms with E-state index in [1.807, 2.05) is 12.1 Å². The van der Waals surface area contributed by atoms with Gasteiger partial charge in [0.15, 0.2) is 11.5 Å². The Hall–Kier alpha value is -2.53. The fraction of sp³-hybridized carbons (Fsp3) is 0.235. The van der Waals surface area contributed by atoms with Gasteiger partial charge in [-0.3, -0.25) is 0 Å². The second kappa shape index (κ2) is 6.95. The first-order valence-corrected chi connectivity index (χ1v) is 6.78. The van der Waals surface area contributed by atoms with Gasteiger partial charge in [0.1, 0.15) is 5.75 Å². The van der Waals surface area contributed by atoms with Gasteiger partial charge in [0.2, 0.25) is 0 Å². The lowest BCUT2D eigenvalue weighted by molar-refractivity contribution is 0.0600. The number of aliphatic hydroxyl groups excluding tert-OH is 1. The van der Waals surface area contributed by atoms with Crippen LogP contribution in [0.15, 0.2) is 42.5 Å². The molecule has 1 unspecified atom stereocenters. The molecular weight excluding hydrogens is 284 g/mol. The summed E-state index contributed by atoms with van der Waals surface area (Å²) in [5, 5.41) is 9.79. The maximum Gasteiger partial charge on any atom is 0.337 e. The molecule has 5 heteroatoms. The molecule has 0 amide bonds. The summed E-state index contributed by atoms with van der Waals surface area (Å²) in [6.07, 6.45) is -0.656. The normalized spacial score (nSPS) is 11.6. The van der Waals surface area contributed by atoms with Crippen molar-refractivity contribution in [2.75, 3.05) is 14.2 Å². The van der Waals surface area contributed by atoms with Crippen LogP contribution >= 0.6 is 0 Å². The van der Waals surface area contributed by atoms with E-state index in [1.54, 1.807) is 37.3 Å². The third kappa shape index (κ3) is 3.38. The molecule has 0 spiro atoms. The summed E-state index contributed by atoms with van der Waals surface area (Å²) in [7, 11) is 2.81. The topological polar surface area (TPSA) is 65.0 Å². The molecule has 2 aromatic rings. The summed E-state index contributed by atoms with van der Waals surface area (Å²) < 4.78 is 15.8. The zero-order chi connectivity index (χ0) is 16.1. The summed E-state index contributed by atoms with van der Waals surface area (Å²) in [4.78, 5) is 11.5. The minimum Gasteiger partial charge on any atom is -0.493 e. The van der Waals surface area contributed by atoms with Gasteiger partial charge in [-0.1, -0.05) is 18.2 Å². The smallest absolute Gasteiger partial charge is 0.337 e. The summed E-state index contributed by atoms with van der Waals surface area (Å²) >= 11 is 0. The average molecular weight is 302 g/mol. The highest BCUT2D eigenvalue weighted by Gasteiger charge is 2.14. The number of carbonyl (C=O) groups is 1. The minimum absolute atomic E-state index is 0.371. The monoisotopic (exact) mass is 302 g/mol. The molecule has 0 bridgehead atoms.